The predicted octanol–water partition coefficient (Wildman–Crippen LogP) is 2.39. The fourth-order valence-corrected chi connectivity index (χ4v) is 2.40. The van der Waals surface area contributed by atoms with E-state index >= 15 is 0 Å². The van der Waals surface area contributed by atoms with Crippen molar-refractivity contribution in [3.05, 3.63) is 23.9 Å². The molecular formula is C16H25N3O3. The molecule has 2 heterocycles. The molecule has 0 radical (unpaired) electrons. The molecule has 1 unspecified atom stereocenters. The summed E-state index contributed by atoms with van der Waals surface area (Å²) in [5.41, 5.74) is 0.309. The first kappa shape index (κ1) is 16.5. The maximum atomic E-state index is 12.1. The van der Waals surface area contributed by atoms with Crippen LogP contribution in [0.4, 0.5) is 10.6 Å². The van der Waals surface area contributed by atoms with Crippen LogP contribution in [0.3, 0.4) is 0 Å². The lowest BCUT2D eigenvalue weighted by atomic mass is 10.1. The van der Waals surface area contributed by atoms with Crippen molar-refractivity contribution in [1.82, 2.24) is 9.88 Å². The molecule has 1 atom stereocenters. The summed E-state index contributed by atoms with van der Waals surface area (Å²) < 4.78 is 5.42. The van der Waals surface area contributed by atoms with Crippen molar-refractivity contribution in [2.24, 2.45) is 0 Å². The lowest BCUT2D eigenvalue weighted by molar-refractivity contribution is 0.0206. The van der Waals surface area contributed by atoms with Crippen LogP contribution in [0.25, 0.3) is 0 Å². The number of piperidine rings is 1. The number of hydrogen-bond donors (Lipinski definition) is 2. The number of nitrogens with zero attached hydrogens (tertiary/aromatic N) is 2. The number of anilines is 1. The summed E-state index contributed by atoms with van der Waals surface area (Å²) >= 11 is 0. The van der Waals surface area contributed by atoms with E-state index in [9.17, 15) is 4.79 Å². The monoisotopic (exact) mass is 307 g/mol. The molecule has 1 fully saturated rings. The van der Waals surface area contributed by atoms with Gasteiger partial charge in [-0.2, -0.15) is 0 Å². The smallest absolute Gasteiger partial charge is 0.410 e. The molecule has 122 valence electrons. The molecule has 0 saturated carbocycles. The summed E-state index contributed by atoms with van der Waals surface area (Å²) in [6.45, 7) is 6.94. The van der Waals surface area contributed by atoms with Crippen molar-refractivity contribution in [2.45, 2.75) is 51.9 Å². The predicted molar refractivity (Wildman–Crippen MR) is 84.6 cm³/mol. The van der Waals surface area contributed by atoms with Crippen LogP contribution in [-0.4, -0.2) is 45.8 Å². The first-order valence-corrected chi connectivity index (χ1v) is 7.67. The van der Waals surface area contributed by atoms with Gasteiger partial charge < -0.3 is 20.1 Å². The number of pyridine rings is 1. The molecule has 1 aromatic rings. The average Bonchev–Trinajstić information content (AvgIpc) is 2.46. The van der Waals surface area contributed by atoms with Crippen molar-refractivity contribution in [3.63, 3.8) is 0 Å². The molecule has 0 aliphatic carbocycles. The first-order valence-electron chi connectivity index (χ1n) is 7.67. The van der Waals surface area contributed by atoms with Crippen LogP contribution in [0, 0.1) is 0 Å². The molecule has 22 heavy (non-hydrogen) atoms. The molecule has 1 aliphatic heterocycles. The van der Waals surface area contributed by atoms with Crippen LogP contribution < -0.4 is 5.32 Å². The number of ether oxygens (including phenoxy) is 1. The third-order valence-corrected chi connectivity index (χ3v) is 3.43. The SMILES string of the molecule is CC(C)(C)OC(=O)N1CCCC(Nc2ccc(CO)cn2)C1. The zero-order valence-corrected chi connectivity index (χ0v) is 13.5. The summed E-state index contributed by atoms with van der Waals surface area (Å²) in [5, 5.41) is 12.4. The number of aromatic nitrogens is 1. The number of aliphatic hydroxyl groups is 1. The van der Waals surface area contributed by atoms with Gasteiger partial charge in [0.1, 0.15) is 11.4 Å². The van der Waals surface area contributed by atoms with E-state index in [1.165, 1.54) is 0 Å². The summed E-state index contributed by atoms with van der Waals surface area (Å²) in [5.74, 6) is 0.758. The lowest BCUT2D eigenvalue weighted by Gasteiger charge is -2.34. The van der Waals surface area contributed by atoms with Gasteiger partial charge in [0.25, 0.3) is 0 Å². The van der Waals surface area contributed by atoms with Gasteiger partial charge in [0, 0.05) is 25.3 Å². The molecule has 2 N–H and O–H groups in total. The normalized spacial score (nSPS) is 18.9. The van der Waals surface area contributed by atoms with Gasteiger partial charge >= 0.3 is 6.09 Å². The van der Waals surface area contributed by atoms with E-state index < -0.39 is 5.60 Å². The van der Waals surface area contributed by atoms with E-state index in [-0.39, 0.29) is 18.7 Å². The lowest BCUT2D eigenvalue weighted by Crippen LogP contribution is -2.47. The molecule has 1 aromatic heterocycles. The number of carbonyl (C=O) groups excluding carboxylic acids is 1. The van der Waals surface area contributed by atoms with E-state index in [1.54, 1.807) is 11.1 Å². The van der Waals surface area contributed by atoms with Crippen molar-refractivity contribution >= 4 is 11.9 Å². The summed E-state index contributed by atoms with van der Waals surface area (Å²) in [7, 11) is 0. The molecule has 6 heteroatoms. The Bertz CT molecular complexity index is 496. The summed E-state index contributed by atoms with van der Waals surface area (Å²) in [6.07, 6.45) is 3.31. The second kappa shape index (κ2) is 6.96. The molecular weight excluding hydrogens is 282 g/mol. The maximum absolute atomic E-state index is 12.1. The minimum atomic E-state index is -0.473. The quantitative estimate of drug-likeness (QED) is 0.897. The highest BCUT2D eigenvalue weighted by atomic mass is 16.6. The fourth-order valence-electron chi connectivity index (χ4n) is 2.40. The number of nitrogens with one attached hydrogen (secondary N) is 1. The Labute approximate surface area is 131 Å². The van der Waals surface area contributed by atoms with Crippen LogP contribution in [0.2, 0.25) is 0 Å². The zero-order valence-electron chi connectivity index (χ0n) is 13.5. The third kappa shape index (κ3) is 4.87. The standard InChI is InChI=1S/C16H25N3O3/c1-16(2,3)22-15(21)19-8-4-5-13(10-19)18-14-7-6-12(11-20)9-17-14/h6-7,9,13,20H,4-5,8,10-11H2,1-3H3,(H,17,18). The van der Waals surface area contributed by atoms with E-state index in [1.807, 2.05) is 32.9 Å². The Balaban J connectivity index is 1.91. The maximum Gasteiger partial charge on any atom is 0.410 e. The topological polar surface area (TPSA) is 74.7 Å². The largest absolute Gasteiger partial charge is 0.444 e. The minimum Gasteiger partial charge on any atom is -0.444 e. The molecule has 1 amide bonds. The van der Waals surface area contributed by atoms with Crippen LogP contribution in [0.1, 0.15) is 39.2 Å². The van der Waals surface area contributed by atoms with Gasteiger partial charge in [0.05, 0.1) is 6.61 Å². The van der Waals surface area contributed by atoms with Gasteiger partial charge in [0.2, 0.25) is 0 Å². The Morgan fingerprint density at radius 1 is 1.50 bits per heavy atom. The number of likely N-dealkylation sites (tertiary alicyclic amines) is 1. The minimum absolute atomic E-state index is 0.0108. The Hall–Kier alpha value is -1.82. The third-order valence-electron chi connectivity index (χ3n) is 3.43. The molecule has 0 bridgehead atoms. The van der Waals surface area contributed by atoms with Gasteiger partial charge in [-0.3, -0.25) is 0 Å². The molecule has 6 nitrogen and oxygen atoms in total. The Morgan fingerprint density at radius 3 is 2.86 bits per heavy atom. The van der Waals surface area contributed by atoms with E-state index in [0.717, 1.165) is 30.8 Å². The van der Waals surface area contributed by atoms with Gasteiger partial charge in [0.15, 0.2) is 0 Å². The zero-order chi connectivity index (χ0) is 16.2. The second-order valence-corrected chi connectivity index (χ2v) is 6.62. The van der Waals surface area contributed by atoms with Crippen LogP contribution in [0.15, 0.2) is 18.3 Å². The van der Waals surface area contributed by atoms with Gasteiger partial charge in [-0.05, 0) is 45.2 Å². The van der Waals surface area contributed by atoms with Gasteiger partial charge in [-0.15, -0.1) is 0 Å². The van der Waals surface area contributed by atoms with Crippen LogP contribution >= 0.6 is 0 Å². The number of aliphatic hydroxyl groups excluding tert-OH is 1. The highest BCUT2D eigenvalue weighted by Gasteiger charge is 2.27. The summed E-state index contributed by atoms with van der Waals surface area (Å²) in [4.78, 5) is 18.1. The van der Waals surface area contributed by atoms with Crippen LogP contribution in [0.5, 0.6) is 0 Å². The highest BCUT2D eigenvalue weighted by Crippen LogP contribution is 2.18. The van der Waals surface area contributed by atoms with Crippen molar-refractivity contribution < 1.29 is 14.6 Å². The van der Waals surface area contributed by atoms with Crippen molar-refractivity contribution in [1.29, 1.82) is 0 Å². The molecule has 0 aromatic carbocycles. The van der Waals surface area contributed by atoms with E-state index in [2.05, 4.69) is 10.3 Å². The van der Waals surface area contributed by atoms with Gasteiger partial charge in [-0.25, -0.2) is 9.78 Å². The van der Waals surface area contributed by atoms with Crippen molar-refractivity contribution in [3.8, 4) is 0 Å². The van der Waals surface area contributed by atoms with Gasteiger partial charge in [-0.1, -0.05) is 6.07 Å². The fraction of sp³-hybridized carbons (Fsp3) is 0.625. The van der Waals surface area contributed by atoms with E-state index in [0.29, 0.717) is 6.54 Å². The number of carbonyl (C=O) groups is 1. The first-order chi connectivity index (χ1) is 10.4. The number of rotatable bonds is 3. The van der Waals surface area contributed by atoms with Crippen LogP contribution in [-0.2, 0) is 11.3 Å². The molecule has 0 spiro atoms. The molecule has 1 aliphatic rings. The highest BCUT2D eigenvalue weighted by molar-refractivity contribution is 5.68. The number of hydrogen-bond acceptors (Lipinski definition) is 5. The Kier molecular flexibility index (Phi) is 5.24. The summed E-state index contributed by atoms with van der Waals surface area (Å²) in [6, 6.07) is 3.84. The Morgan fingerprint density at radius 2 is 2.27 bits per heavy atom. The average molecular weight is 307 g/mol. The molecule has 1 saturated heterocycles. The van der Waals surface area contributed by atoms with E-state index in [4.69, 9.17) is 9.84 Å². The second-order valence-electron chi connectivity index (χ2n) is 6.62. The van der Waals surface area contributed by atoms with Crippen molar-refractivity contribution in [2.75, 3.05) is 18.4 Å². The molecule has 2 rings (SSSR count). The number of amides is 1.